The lowest BCUT2D eigenvalue weighted by Gasteiger charge is -2.33. The Morgan fingerprint density at radius 1 is 1.05 bits per heavy atom. The summed E-state index contributed by atoms with van der Waals surface area (Å²) in [5.74, 6) is 3.95. The van der Waals surface area contributed by atoms with Crippen LogP contribution in [0.15, 0.2) is 54.7 Å². The SMILES string of the molecule is CN1CCN(Cc2ccc(NC(=O)c3ccc(Cl)c(C#Cc4cccnc4F)c3)cc2C(F)(F)F)CC1. The van der Waals surface area contributed by atoms with Gasteiger partial charge >= 0.3 is 6.18 Å². The van der Waals surface area contributed by atoms with E-state index in [2.05, 4.69) is 27.0 Å². The number of carbonyl (C=O) groups is 1. The van der Waals surface area contributed by atoms with Gasteiger partial charge in [0.2, 0.25) is 5.95 Å². The molecule has 2 aromatic carbocycles. The Morgan fingerprint density at radius 2 is 1.78 bits per heavy atom. The van der Waals surface area contributed by atoms with Crippen molar-refractivity contribution in [1.29, 1.82) is 0 Å². The van der Waals surface area contributed by atoms with E-state index in [9.17, 15) is 22.4 Å². The fourth-order valence-electron chi connectivity index (χ4n) is 3.88. The molecule has 1 aliphatic rings. The van der Waals surface area contributed by atoms with Gasteiger partial charge in [-0.2, -0.15) is 17.6 Å². The normalized spacial score (nSPS) is 14.6. The molecule has 37 heavy (non-hydrogen) atoms. The quantitative estimate of drug-likeness (QED) is 0.283. The summed E-state index contributed by atoms with van der Waals surface area (Å²) >= 11 is 6.17. The summed E-state index contributed by atoms with van der Waals surface area (Å²) in [4.78, 5) is 20.5. The standard InChI is InChI=1S/C27H23ClF4N4O/c1-35-11-13-36(14-12-35)17-21-6-8-22(16-23(21)27(30,31)32)34-26(37)20-7-9-24(28)19(15-20)5-4-18-3-2-10-33-25(18)29/h2-3,6-10,15-16H,11-14,17H2,1H3,(H,34,37). The molecule has 0 aliphatic carbocycles. The van der Waals surface area contributed by atoms with Crippen LogP contribution in [-0.2, 0) is 12.7 Å². The van der Waals surface area contributed by atoms with E-state index in [1.807, 2.05) is 11.9 Å². The van der Waals surface area contributed by atoms with Crippen LogP contribution in [-0.4, -0.2) is 53.9 Å². The Labute approximate surface area is 217 Å². The smallest absolute Gasteiger partial charge is 0.322 e. The Balaban J connectivity index is 1.53. The minimum absolute atomic E-state index is 0.0134. The van der Waals surface area contributed by atoms with Crippen molar-refractivity contribution >= 4 is 23.2 Å². The molecule has 1 saturated heterocycles. The predicted molar refractivity (Wildman–Crippen MR) is 134 cm³/mol. The first-order valence-corrected chi connectivity index (χ1v) is 11.8. The molecular weight excluding hydrogens is 508 g/mol. The first kappa shape index (κ1) is 26.6. The van der Waals surface area contributed by atoms with E-state index in [4.69, 9.17) is 11.6 Å². The maximum absolute atomic E-state index is 13.9. The molecule has 0 atom stereocenters. The van der Waals surface area contributed by atoms with E-state index >= 15 is 0 Å². The third-order valence-electron chi connectivity index (χ3n) is 5.98. The number of hydrogen-bond donors (Lipinski definition) is 1. The van der Waals surface area contributed by atoms with Crippen LogP contribution in [0.3, 0.4) is 0 Å². The summed E-state index contributed by atoms with van der Waals surface area (Å²) in [6, 6.07) is 11.1. The van der Waals surface area contributed by atoms with Crippen molar-refractivity contribution in [3.8, 4) is 11.8 Å². The van der Waals surface area contributed by atoms with Gasteiger partial charge in [0.05, 0.1) is 16.1 Å². The Morgan fingerprint density at radius 3 is 2.49 bits per heavy atom. The Hall–Kier alpha value is -3.45. The van der Waals surface area contributed by atoms with Crippen LogP contribution in [0.4, 0.5) is 23.2 Å². The molecule has 0 unspecified atom stereocenters. The van der Waals surface area contributed by atoms with E-state index in [0.29, 0.717) is 13.1 Å². The number of pyridine rings is 1. The number of aromatic nitrogens is 1. The minimum Gasteiger partial charge on any atom is -0.322 e. The van der Waals surface area contributed by atoms with Gasteiger partial charge in [0.25, 0.3) is 5.91 Å². The number of rotatable bonds is 4. The van der Waals surface area contributed by atoms with Crippen molar-refractivity contribution in [2.75, 3.05) is 38.5 Å². The summed E-state index contributed by atoms with van der Waals surface area (Å²) in [5, 5.41) is 2.75. The molecule has 0 saturated carbocycles. The molecule has 1 aromatic heterocycles. The number of piperazine rings is 1. The van der Waals surface area contributed by atoms with Gasteiger partial charge in [-0.3, -0.25) is 9.69 Å². The van der Waals surface area contributed by atoms with Crippen LogP contribution in [0.2, 0.25) is 5.02 Å². The van der Waals surface area contributed by atoms with Gasteiger partial charge in [-0.25, -0.2) is 4.98 Å². The molecule has 0 spiro atoms. The summed E-state index contributed by atoms with van der Waals surface area (Å²) < 4.78 is 55.3. The van der Waals surface area contributed by atoms with Crippen LogP contribution in [0, 0.1) is 17.8 Å². The van der Waals surface area contributed by atoms with Gasteiger partial charge in [-0.15, -0.1) is 0 Å². The maximum atomic E-state index is 13.9. The number of benzene rings is 2. The van der Waals surface area contributed by atoms with Crippen LogP contribution >= 0.6 is 11.6 Å². The lowest BCUT2D eigenvalue weighted by atomic mass is 10.0. The number of halogens is 5. The third kappa shape index (κ3) is 6.86. The van der Waals surface area contributed by atoms with Crippen LogP contribution in [0.25, 0.3) is 0 Å². The van der Waals surface area contributed by atoms with E-state index in [-0.39, 0.29) is 39.5 Å². The number of alkyl halides is 3. The molecule has 1 amide bonds. The molecule has 2 heterocycles. The molecule has 1 aliphatic heterocycles. The highest BCUT2D eigenvalue weighted by Gasteiger charge is 2.34. The van der Waals surface area contributed by atoms with Gasteiger partial charge in [-0.1, -0.05) is 29.5 Å². The van der Waals surface area contributed by atoms with E-state index < -0.39 is 23.6 Å². The molecule has 10 heteroatoms. The second-order valence-corrected chi connectivity index (χ2v) is 9.10. The average Bonchev–Trinajstić information content (AvgIpc) is 2.86. The molecule has 4 rings (SSSR count). The monoisotopic (exact) mass is 530 g/mol. The van der Waals surface area contributed by atoms with Gasteiger partial charge in [0, 0.05) is 55.7 Å². The fraction of sp³-hybridized carbons (Fsp3) is 0.259. The van der Waals surface area contributed by atoms with E-state index in [1.165, 1.54) is 48.7 Å². The van der Waals surface area contributed by atoms with Crippen LogP contribution in [0.5, 0.6) is 0 Å². The van der Waals surface area contributed by atoms with Crippen molar-refractivity contribution in [2.24, 2.45) is 0 Å². The van der Waals surface area contributed by atoms with Crippen molar-refractivity contribution < 1.29 is 22.4 Å². The molecule has 3 aromatic rings. The number of hydrogen-bond acceptors (Lipinski definition) is 4. The first-order valence-electron chi connectivity index (χ1n) is 11.4. The second-order valence-electron chi connectivity index (χ2n) is 8.69. The van der Waals surface area contributed by atoms with Crippen molar-refractivity contribution in [2.45, 2.75) is 12.7 Å². The van der Waals surface area contributed by atoms with Crippen molar-refractivity contribution in [1.82, 2.24) is 14.8 Å². The largest absolute Gasteiger partial charge is 0.416 e. The summed E-state index contributed by atoms with van der Waals surface area (Å²) in [7, 11) is 1.98. The van der Waals surface area contributed by atoms with Crippen molar-refractivity contribution in [3.63, 3.8) is 0 Å². The fourth-order valence-corrected chi connectivity index (χ4v) is 4.05. The zero-order chi connectivity index (χ0) is 26.6. The average molecular weight is 531 g/mol. The second kappa shape index (κ2) is 11.3. The minimum atomic E-state index is -4.58. The molecule has 192 valence electrons. The molecule has 0 bridgehead atoms. The zero-order valence-electron chi connectivity index (χ0n) is 19.9. The van der Waals surface area contributed by atoms with Gasteiger partial charge in [0.1, 0.15) is 0 Å². The highest BCUT2D eigenvalue weighted by Crippen LogP contribution is 2.34. The predicted octanol–water partition coefficient (Wildman–Crippen LogP) is 5.29. The van der Waals surface area contributed by atoms with Gasteiger partial charge in [-0.05, 0) is 55.1 Å². The van der Waals surface area contributed by atoms with E-state index in [1.54, 1.807) is 0 Å². The third-order valence-corrected chi connectivity index (χ3v) is 6.31. The number of anilines is 1. The number of amides is 1. The molecular formula is C27H23ClF4N4O. The molecule has 0 radical (unpaired) electrons. The first-order chi connectivity index (χ1) is 17.6. The highest BCUT2D eigenvalue weighted by atomic mass is 35.5. The van der Waals surface area contributed by atoms with Crippen LogP contribution in [0.1, 0.15) is 32.6 Å². The summed E-state index contributed by atoms with van der Waals surface area (Å²) in [5.41, 5.74) is -0.164. The number of nitrogens with one attached hydrogen (secondary N) is 1. The number of likely N-dealkylation sites (N-methyl/N-ethyl adjacent to an activating group) is 1. The maximum Gasteiger partial charge on any atom is 0.416 e. The molecule has 5 nitrogen and oxygen atoms in total. The zero-order valence-corrected chi connectivity index (χ0v) is 20.6. The topological polar surface area (TPSA) is 48.5 Å². The molecule has 1 fully saturated rings. The Kier molecular flexibility index (Phi) is 8.13. The highest BCUT2D eigenvalue weighted by molar-refractivity contribution is 6.32. The van der Waals surface area contributed by atoms with E-state index in [0.717, 1.165) is 19.2 Å². The lowest BCUT2D eigenvalue weighted by molar-refractivity contribution is -0.138. The Bertz CT molecular complexity index is 1360. The van der Waals surface area contributed by atoms with Gasteiger partial charge in [0.15, 0.2) is 0 Å². The summed E-state index contributed by atoms with van der Waals surface area (Å²) in [6.07, 6.45) is -3.28. The van der Waals surface area contributed by atoms with Crippen molar-refractivity contribution in [3.05, 3.63) is 93.5 Å². The summed E-state index contributed by atoms with van der Waals surface area (Å²) in [6.45, 7) is 3.12. The van der Waals surface area contributed by atoms with Gasteiger partial charge < -0.3 is 10.2 Å². The molecule has 1 N–H and O–H groups in total. The van der Waals surface area contributed by atoms with Crippen LogP contribution < -0.4 is 5.32 Å². The number of carbonyl (C=O) groups excluding carboxylic acids is 1. The number of nitrogens with zero attached hydrogens (tertiary/aromatic N) is 3. The lowest BCUT2D eigenvalue weighted by Crippen LogP contribution is -2.44.